The van der Waals surface area contributed by atoms with Gasteiger partial charge in [-0.25, -0.2) is 0 Å². The largest absolute Gasteiger partial charge is 0.372 e. The second kappa shape index (κ2) is 9.79. The van der Waals surface area contributed by atoms with Gasteiger partial charge in [0.15, 0.2) is 0 Å². The molecule has 2 heterocycles. The van der Waals surface area contributed by atoms with Crippen molar-refractivity contribution in [2.75, 3.05) is 31.9 Å². The van der Waals surface area contributed by atoms with Crippen molar-refractivity contribution in [3.05, 3.63) is 72.8 Å². The normalized spacial score (nSPS) is 17.8. The summed E-state index contributed by atoms with van der Waals surface area (Å²) in [5, 5.41) is 17.3. The highest BCUT2D eigenvalue weighted by atomic mass is 16.2. The third-order valence-corrected chi connectivity index (χ3v) is 5.92. The first-order valence-electron chi connectivity index (χ1n) is 11.5. The zero-order valence-corrected chi connectivity index (χ0v) is 19.1. The molecule has 0 unspecified atom stereocenters. The Morgan fingerprint density at radius 3 is 1.36 bits per heavy atom. The third-order valence-electron chi connectivity index (χ3n) is 5.92. The molecule has 182 valence electrons. The van der Waals surface area contributed by atoms with Crippen molar-refractivity contribution in [2.24, 2.45) is 0 Å². The Morgan fingerprint density at radius 1 is 0.583 bits per heavy atom. The first kappa shape index (κ1) is 22.9. The Kier molecular flexibility index (Phi) is 6.23. The molecule has 36 heavy (non-hydrogen) atoms. The smallest absolute Gasteiger partial charge is 0.247 e. The molecule has 3 aromatic rings. The summed E-state index contributed by atoms with van der Waals surface area (Å²) < 4.78 is 0. The molecular formula is C26H24N6O4. The zero-order chi connectivity index (χ0) is 25.1. The number of nitrogens with one attached hydrogen (secondary N) is 6. The molecule has 0 bridgehead atoms. The highest BCUT2D eigenvalue weighted by Crippen LogP contribution is 2.29. The monoisotopic (exact) mass is 484 g/mol. The van der Waals surface area contributed by atoms with Gasteiger partial charge >= 0.3 is 0 Å². The summed E-state index contributed by atoms with van der Waals surface area (Å²) in [6.07, 6.45) is -0.206. The summed E-state index contributed by atoms with van der Waals surface area (Å²) in [4.78, 5) is 50.3. The highest BCUT2D eigenvalue weighted by Gasteiger charge is 2.29. The van der Waals surface area contributed by atoms with Crippen LogP contribution in [0.2, 0.25) is 0 Å². The van der Waals surface area contributed by atoms with Crippen LogP contribution in [0.3, 0.4) is 0 Å². The number of carbonyl (C=O) groups is 4. The molecule has 0 radical (unpaired) electrons. The van der Waals surface area contributed by atoms with E-state index in [1.165, 1.54) is 0 Å². The number of rotatable bonds is 6. The number of amides is 4. The second-order valence-electron chi connectivity index (χ2n) is 8.51. The van der Waals surface area contributed by atoms with Gasteiger partial charge in [-0.3, -0.25) is 19.2 Å². The Hall–Kier alpha value is -4.86. The van der Waals surface area contributed by atoms with E-state index in [-0.39, 0.29) is 24.7 Å². The lowest BCUT2D eigenvalue weighted by Gasteiger charge is -2.27. The van der Waals surface area contributed by atoms with E-state index in [9.17, 15) is 19.2 Å². The molecule has 5 rings (SSSR count). The Morgan fingerprint density at radius 2 is 0.944 bits per heavy atom. The van der Waals surface area contributed by atoms with E-state index in [4.69, 9.17) is 0 Å². The Bertz CT molecular complexity index is 1260. The number of hydrogen-bond acceptors (Lipinski definition) is 6. The third kappa shape index (κ3) is 4.97. The number of para-hydroxylation sites is 6. The van der Waals surface area contributed by atoms with Crippen LogP contribution in [0.15, 0.2) is 72.8 Å². The predicted molar refractivity (Wildman–Crippen MR) is 138 cm³/mol. The summed E-state index contributed by atoms with van der Waals surface area (Å²) in [5.41, 5.74) is 3.59. The topological polar surface area (TPSA) is 140 Å². The molecule has 6 N–H and O–H groups in total. The summed E-state index contributed by atoms with van der Waals surface area (Å²) in [6.45, 7) is 0. The lowest BCUT2D eigenvalue weighted by atomic mass is 10.1. The number of benzene rings is 3. The van der Waals surface area contributed by atoms with Crippen LogP contribution in [0.25, 0.3) is 0 Å². The molecule has 10 heteroatoms. The molecule has 2 aliphatic rings. The van der Waals surface area contributed by atoms with E-state index < -0.39 is 23.9 Å². The second-order valence-corrected chi connectivity index (χ2v) is 8.51. The van der Waals surface area contributed by atoms with Crippen LogP contribution in [0.1, 0.15) is 12.8 Å². The average Bonchev–Trinajstić information content (AvgIpc) is 2.86. The van der Waals surface area contributed by atoms with Crippen molar-refractivity contribution < 1.29 is 19.2 Å². The summed E-state index contributed by atoms with van der Waals surface area (Å²) in [7, 11) is 0. The molecule has 0 aromatic heterocycles. The maximum Gasteiger partial charge on any atom is 0.247 e. The molecule has 0 aliphatic carbocycles. The van der Waals surface area contributed by atoms with Gasteiger partial charge in [-0.1, -0.05) is 36.4 Å². The van der Waals surface area contributed by atoms with Gasteiger partial charge in [-0.2, -0.15) is 0 Å². The fourth-order valence-electron chi connectivity index (χ4n) is 4.14. The van der Waals surface area contributed by atoms with E-state index in [1.807, 2.05) is 36.4 Å². The van der Waals surface area contributed by atoms with Crippen LogP contribution < -0.4 is 31.9 Å². The van der Waals surface area contributed by atoms with Crippen molar-refractivity contribution in [1.82, 2.24) is 0 Å². The molecule has 3 aromatic carbocycles. The van der Waals surface area contributed by atoms with Gasteiger partial charge in [-0.15, -0.1) is 0 Å². The fraction of sp³-hybridized carbons (Fsp3) is 0.154. The van der Waals surface area contributed by atoms with Crippen molar-refractivity contribution >= 4 is 57.8 Å². The molecule has 2 atom stereocenters. The SMILES string of the molecule is O=C(C[C@@H]1Nc2ccccc2NC1=O)Nc1ccccc1NC(=O)C[C@H]1Nc2ccccc2NC1=O. The minimum absolute atomic E-state index is 0.103. The minimum Gasteiger partial charge on any atom is -0.372 e. The summed E-state index contributed by atoms with van der Waals surface area (Å²) >= 11 is 0. The molecule has 0 saturated heterocycles. The van der Waals surface area contributed by atoms with Gasteiger partial charge in [0.25, 0.3) is 0 Å². The highest BCUT2D eigenvalue weighted by molar-refractivity contribution is 6.08. The first-order chi connectivity index (χ1) is 17.5. The molecule has 4 amide bonds. The van der Waals surface area contributed by atoms with Crippen LogP contribution in [-0.2, 0) is 19.2 Å². The van der Waals surface area contributed by atoms with Crippen LogP contribution in [0, 0.1) is 0 Å². The van der Waals surface area contributed by atoms with Gasteiger partial charge in [0, 0.05) is 0 Å². The van der Waals surface area contributed by atoms with E-state index in [1.54, 1.807) is 36.4 Å². The van der Waals surface area contributed by atoms with Crippen molar-refractivity contribution in [2.45, 2.75) is 24.9 Å². The maximum absolute atomic E-state index is 12.7. The number of carbonyl (C=O) groups excluding carboxylic acids is 4. The molecule has 0 fully saturated rings. The molecule has 2 aliphatic heterocycles. The number of anilines is 6. The number of hydrogen-bond donors (Lipinski definition) is 6. The molecule has 0 saturated carbocycles. The van der Waals surface area contributed by atoms with Gasteiger partial charge < -0.3 is 31.9 Å². The van der Waals surface area contributed by atoms with Crippen molar-refractivity contribution in [3.8, 4) is 0 Å². The van der Waals surface area contributed by atoms with E-state index in [0.717, 1.165) is 11.4 Å². The standard InChI is InChI=1S/C26H24N6O4/c33-23(13-21-25(35)31-19-11-5-1-7-15(19)27-21)29-17-9-3-4-10-18(17)30-24(34)14-22-26(36)32-20-12-6-2-8-16(20)28-22/h1-12,21-22,27-28H,13-14H2,(H,29,33)(H,30,34)(H,31,35)(H,32,36)/t21-,22+. The lowest BCUT2D eigenvalue weighted by Crippen LogP contribution is -2.41. The van der Waals surface area contributed by atoms with Crippen LogP contribution in [0.5, 0.6) is 0 Å². The molecule has 10 nitrogen and oxygen atoms in total. The fourth-order valence-corrected chi connectivity index (χ4v) is 4.14. The van der Waals surface area contributed by atoms with E-state index in [0.29, 0.717) is 22.7 Å². The lowest BCUT2D eigenvalue weighted by molar-refractivity contribution is -0.122. The van der Waals surface area contributed by atoms with Crippen molar-refractivity contribution in [1.29, 1.82) is 0 Å². The Balaban J connectivity index is 1.20. The molecule has 0 spiro atoms. The van der Waals surface area contributed by atoms with E-state index >= 15 is 0 Å². The summed E-state index contributed by atoms with van der Waals surface area (Å²) in [6, 6.07) is 19.8. The van der Waals surface area contributed by atoms with Gasteiger partial charge in [-0.05, 0) is 36.4 Å². The predicted octanol–water partition coefficient (Wildman–Crippen LogP) is 3.21. The quantitative estimate of drug-likeness (QED) is 0.317. The average molecular weight is 485 g/mol. The Labute approximate surface area is 206 Å². The first-order valence-corrected chi connectivity index (χ1v) is 11.5. The summed E-state index contributed by atoms with van der Waals surface area (Å²) in [5.74, 6) is -1.39. The van der Waals surface area contributed by atoms with Gasteiger partial charge in [0.2, 0.25) is 23.6 Å². The van der Waals surface area contributed by atoms with Crippen molar-refractivity contribution in [3.63, 3.8) is 0 Å². The maximum atomic E-state index is 12.7. The van der Waals surface area contributed by atoms with E-state index in [2.05, 4.69) is 31.9 Å². The van der Waals surface area contributed by atoms with Gasteiger partial charge in [0.05, 0.1) is 47.0 Å². The number of fused-ring (bicyclic) bond motifs is 2. The molecular weight excluding hydrogens is 460 g/mol. The minimum atomic E-state index is -0.736. The van der Waals surface area contributed by atoms with Crippen LogP contribution >= 0.6 is 0 Å². The van der Waals surface area contributed by atoms with Crippen LogP contribution in [0.4, 0.5) is 34.1 Å². The van der Waals surface area contributed by atoms with Gasteiger partial charge in [0.1, 0.15) is 12.1 Å². The zero-order valence-electron chi connectivity index (χ0n) is 19.1. The van der Waals surface area contributed by atoms with Crippen LogP contribution in [-0.4, -0.2) is 35.7 Å².